The minimum absolute atomic E-state index is 0.00142. The largest absolute Gasteiger partial charge is 0.489 e. The van der Waals surface area contributed by atoms with E-state index in [9.17, 15) is 0 Å². The Morgan fingerprint density at radius 2 is 1.95 bits per heavy atom. The zero-order valence-corrected chi connectivity index (χ0v) is 10.8. The first-order valence-corrected chi connectivity index (χ1v) is 6.16. The Bertz CT molecular complexity index is 582. The lowest BCUT2D eigenvalue weighted by Crippen LogP contribution is -2.05. The molecule has 2 rings (SSSR count). The number of nitrogens with zero attached hydrogens (tertiary/aromatic N) is 1. The van der Waals surface area contributed by atoms with Crippen molar-refractivity contribution in [2.75, 3.05) is 0 Å². The maximum Gasteiger partial charge on any atom is 0.120 e. The van der Waals surface area contributed by atoms with Gasteiger partial charge in [-0.25, -0.2) is 0 Å². The molecule has 0 saturated heterocycles. The fourth-order valence-electron chi connectivity index (χ4n) is 1.73. The summed E-state index contributed by atoms with van der Waals surface area (Å²) in [6, 6.07) is 17.3. The third-order valence-corrected chi connectivity index (χ3v) is 2.87. The summed E-state index contributed by atoms with van der Waals surface area (Å²) < 4.78 is 5.72. The molecule has 2 aromatic carbocycles. The molecule has 0 aliphatic rings. The fraction of sp³-hybridized carbons (Fsp3) is 0.188. The Kier molecular flexibility index (Phi) is 4.17. The molecule has 3 nitrogen and oxygen atoms in total. The number of hydrogen-bond acceptors (Lipinski definition) is 3. The molecule has 0 aliphatic heterocycles. The van der Waals surface area contributed by atoms with Crippen molar-refractivity contribution < 1.29 is 4.74 Å². The second-order valence-electron chi connectivity index (χ2n) is 4.46. The van der Waals surface area contributed by atoms with Gasteiger partial charge < -0.3 is 10.5 Å². The molecular formula is C16H16N2O. The average Bonchev–Trinajstić information content (AvgIpc) is 2.46. The van der Waals surface area contributed by atoms with Gasteiger partial charge in [0.2, 0.25) is 0 Å². The summed E-state index contributed by atoms with van der Waals surface area (Å²) in [6.45, 7) is 2.42. The van der Waals surface area contributed by atoms with Gasteiger partial charge >= 0.3 is 0 Å². The van der Waals surface area contributed by atoms with E-state index in [4.69, 9.17) is 15.7 Å². The quantitative estimate of drug-likeness (QED) is 0.909. The van der Waals surface area contributed by atoms with Gasteiger partial charge in [0.25, 0.3) is 0 Å². The zero-order valence-electron chi connectivity index (χ0n) is 10.8. The van der Waals surface area contributed by atoms with Gasteiger partial charge in [-0.3, -0.25) is 0 Å². The maximum atomic E-state index is 8.73. The number of nitrogens with two attached hydrogens (primary N) is 1. The minimum atomic E-state index is -0.00142. The molecule has 2 aromatic rings. The van der Waals surface area contributed by atoms with Crippen molar-refractivity contribution in [2.24, 2.45) is 5.73 Å². The topological polar surface area (TPSA) is 59.0 Å². The normalized spacial score (nSPS) is 11.6. The van der Waals surface area contributed by atoms with Crippen molar-refractivity contribution in [3.05, 3.63) is 65.2 Å². The van der Waals surface area contributed by atoms with Gasteiger partial charge in [0, 0.05) is 6.04 Å². The summed E-state index contributed by atoms with van der Waals surface area (Å²) in [5.41, 5.74) is 8.58. The molecule has 0 aliphatic carbocycles. The van der Waals surface area contributed by atoms with Gasteiger partial charge in [-0.1, -0.05) is 24.3 Å². The van der Waals surface area contributed by atoms with Crippen LogP contribution in [0.1, 0.15) is 29.7 Å². The monoisotopic (exact) mass is 252 g/mol. The molecule has 0 aromatic heterocycles. The van der Waals surface area contributed by atoms with Gasteiger partial charge in [-0.2, -0.15) is 5.26 Å². The summed E-state index contributed by atoms with van der Waals surface area (Å²) in [6.07, 6.45) is 0. The van der Waals surface area contributed by atoms with Crippen LogP contribution >= 0.6 is 0 Å². The molecule has 0 fully saturated rings. The van der Waals surface area contributed by atoms with Crippen LogP contribution in [0.2, 0.25) is 0 Å². The second kappa shape index (κ2) is 6.03. The van der Waals surface area contributed by atoms with E-state index in [0.29, 0.717) is 12.2 Å². The van der Waals surface area contributed by atoms with Gasteiger partial charge in [0.1, 0.15) is 12.4 Å². The lowest BCUT2D eigenvalue weighted by atomic mass is 10.1. The number of benzene rings is 2. The Balaban J connectivity index is 2.02. The first kappa shape index (κ1) is 13.1. The van der Waals surface area contributed by atoms with E-state index < -0.39 is 0 Å². The number of rotatable bonds is 4. The van der Waals surface area contributed by atoms with E-state index in [-0.39, 0.29) is 6.04 Å². The van der Waals surface area contributed by atoms with Crippen LogP contribution in [0.25, 0.3) is 0 Å². The standard InChI is InChI=1S/C16H16N2O/c1-12(18)15-3-2-4-16(9-15)19-11-14-7-5-13(10-17)6-8-14/h2-9,12H,11,18H2,1H3. The predicted octanol–water partition coefficient (Wildman–Crippen LogP) is 3.16. The molecule has 1 unspecified atom stereocenters. The van der Waals surface area contributed by atoms with E-state index in [1.165, 1.54) is 0 Å². The zero-order chi connectivity index (χ0) is 13.7. The molecule has 0 heterocycles. The average molecular weight is 252 g/mol. The molecule has 0 bridgehead atoms. The summed E-state index contributed by atoms with van der Waals surface area (Å²) in [5.74, 6) is 0.805. The lowest BCUT2D eigenvalue weighted by Gasteiger charge is -2.10. The number of hydrogen-bond donors (Lipinski definition) is 1. The fourth-order valence-corrected chi connectivity index (χ4v) is 1.73. The lowest BCUT2D eigenvalue weighted by molar-refractivity contribution is 0.306. The van der Waals surface area contributed by atoms with Crippen molar-refractivity contribution in [3.63, 3.8) is 0 Å². The molecule has 0 amide bonds. The summed E-state index contributed by atoms with van der Waals surface area (Å²) in [5, 5.41) is 8.73. The van der Waals surface area contributed by atoms with Crippen molar-refractivity contribution >= 4 is 0 Å². The maximum absolute atomic E-state index is 8.73. The Labute approximate surface area is 113 Å². The third-order valence-electron chi connectivity index (χ3n) is 2.87. The van der Waals surface area contributed by atoms with Crippen molar-refractivity contribution in [1.82, 2.24) is 0 Å². The summed E-state index contributed by atoms with van der Waals surface area (Å²) in [4.78, 5) is 0. The van der Waals surface area contributed by atoms with Crippen molar-refractivity contribution in [2.45, 2.75) is 19.6 Å². The Morgan fingerprint density at radius 1 is 1.21 bits per heavy atom. The second-order valence-corrected chi connectivity index (χ2v) is 4.46. The van der Waals surface area contributed by atoms with Gasteiger partial charge in [-0.15, -0.1) is 0 Å². The van der Waals surface area contributed by atoms with Crippen LogP contribution in [0.15, 0.2) is 48.5 Å². The van der Waals surface area contributed by atoms with Gasteiger partial charge in [-0.05, 0) is 42.3 Å². The first-order chi connectivity index (χ1) is 9.19. The van der Waals surface area contributed by atoms with Crippen LogP contribution < -0.4 is 10.5 Å². The van der Waals surface area contributed by atoms with Crippen LogP contribution in [-0.2, 0) is 6.61 Å². The SMILES string of the molecule is CC(N)c1cccc(OCc2ccc(C#N)cc2)c1. The van der Waals surface area contributed by atoms with Crippen LogP contribution in [0.4, 0.5) is 0 Å². The van der Waals surface area contributed by atoms with Crippen LogP contribution in [-0.4, -0.2) is 0 Å². The number of ether oxygens (including phenoxy) is 1. The highest BCUT2D eigenvalue weighted by atomic mass is 16.5. The smallest absolute Gasteiger partial charge is 0.120 e. The molecule has 0 radical (unpaired) electrons. The van der Waals surface area contributed by atoms with E-state index in [1.807, 2.05) is 43.3 Å². The summed E-state index contributed by atoms with van der Waals surface area (Å²) >= 11 is 0. The van der Waals surface area contributed by atoms with Crippen molar-refractivity contribution in [1.29, 1.82) is 5.26 Å². The highest BCUT2D eigenvalue weighted by molar-refractivity contribution is 5.33. The van der Waals surface area contributed by atoms with E-state index in [0.717, 1.165) is 16.9 Å². The summed E-state index contributed by atoms with van der Waals surface area (Å²) in [7, 11) is 0. The minimum Gasteiger partial charge on any atom is -0.489 e. The van der Waals surface area contributed by atoms with Crippen LogP contribution in [0.3, 0.4) is 0 Å². The first-order valence-electron chi connectivity index (χ1n) is 6.16. The Morgan fingerprint density at radius 3 is 2.58 bits per heavy atom. The molecule has 19 heavy (non-hydrogen) atoms. The molecule has 0 spiro atoms. The van der Waals surface area contributed by atoms with Crippen LogP contribution in [0.5, 0.6) is 5.75 Å². The van der Waals surface area contributed by atoms with Crippen LogP contribution in [0, 0.1) is 11.3 Å². The molecule has 2 N–H and O–H groups in total. The highest BCUT2D eigenvalue weighted by Crippen LogP contribution is 2.18. The number of nitriles is 1. The van der Waals surface area contributed by atoms with E-state index >= 15 is 0 Å². The predicted molar refractivity (Wildman–Crippen MR) is 74.5 cm³/mol. The molecule has 1 atom stereocenters. The molecule has 0 saturated carbocycles. The third kappa shape index (κ3) is 3.57. The van der Waals surface area contributed by atoms with E-state index in [1.54, 1.807) is 12.1 Å². The van der Waals surface area contributed by atoms with Crippen molar-refractivity contribution in [3.8, 4) is 11.8 Å². The van der Waals surface area contributed by atoms with Gasteiger partial charge in [0.15, 0.2) is 0 Å². The molecule has 3 heteroatoms. The highest BCUT2D eigenvalue weighted by Gasteiger charge is 2.01. The molecule has 96 valence electrons. The van der Waals surface area contributed by atoms with Gasteiger partial charge in [0.05, 0.1) is 11.6 Å². The molecular weight excluding hydrogens is 236 g/mol. The van der Waals surface area contributed by atoms with E-state index in [2.05, 4.69) is 6.07 Å². The Hall–Kier alpha value is -2.31.